The Balaban J connectivity index is 2.37. The number of aliphatic hydroxyl groups excluding tert-OH is 1. The van der Waals surface area contributed by atoms with Crippen LogP contribution >= 0.6 is 0 Å². The Labute approximate surface area is 101 Å². The molecule has 94 valence electrons. The number of aliphatic hydroxyl groups is 1. The maximum absolute atomic E-state index is 11.0. The maximum atomic E-state index is 11.0. The molecule has 0 fully saturated rings. The Morgan fingerprint density at radius 1 is 1.41 bits per heavy atom. The van der Waals surface area contributed by atoms with Crippen LogP contribution in [0.1, 0.15) is 18.4 Å². The Kier molecular flexibility index (Phi) is 5.49. The summed E-state index contributed by atoms with van der Waals surface area (Å²) in [6, 6.07) is 7.75. The van der Waals surface area contributed by atoms with Gasteiger partial charge in [0.1, 0.15) is 5.75 Å². The fourth-order valence-corrected chi connectivity index (χ4v) is 1.58. The normalized spacial score (nSPS) is 11.9. The van der Waals surface area contributed by atoms with Gasteiger partial charge >= 0.3 is 5.97 Å². The molecule has 4 nitrogen and oxygen atoms in total. The molecular formula is C13H18O4. The van der Waals surface area contributed by atoms with E-state index < -0.39 is 12.1 Å². The highest BCUT2D eigenvalue weighted by molar-refractivity contribution is 5.74. The van der Waals surface area contributed by atoms with Crippen LogP contribution in [-0.4, -0.2) is 31.4 Å². The van der Waals surface area contributed by atoms with E-state index in [0.717, 1.165) is 24.2 Å². The number of rotatable bonds is 6. The third kappa shape index (κ3) is 4.44. The van der Waals surface area contributed by atoms with Gasteiger partial charge in [-0.2, -0.15) is 0 Å². The Bertz CT molecular complexity index is 362. The monoisotopic (exact) mass is 238 g/mol. The smallest absolute Gasteiger partial charge is 0.334 e. The van der Waals surface area contributed by atoms with Crippen LogP contribution in [0.4, 0.5) is 0 Å². The van der Waals surface area contributed by atoms with Crippen LogP contribution < -0.4 is 4.74 Å². The van der Waals surface area contributed by atoms with Gasteiger partial charge < -0.3 is 14.6 Å². The highest BCUT2D eigenvalue weighted by Gasteiger charge is 2.14. The molecule has 0 amide bonds. The van der Waals surface area contributed by atoms with Gasteiger partial charge in [-0.3, -0.25) is 0 Å². The van der Waals surface area contributed by atoms with Gasteiger partial charge in [-0.1, -0.05) is 12.1 Å². The molecule has 0 radical (unpaired) electrons. The minimum absolute atomic E-state index is 0.407. The number of carbonyl (C=O) groups is 1. The molecule has 17 heavy (non-hydrogen) atoms. The predicted molar refractivity (Wildman–Crippen MR) is 64.0 cm³/mol. The summed E-state index contributed by atoms with van der Waals surface area (Å²) in [4.78, 5) is 11.0. The number of esters is 1. The van der Waals surface area contributed by atoms with Crippen molar-refractivity contribution in [3.63, 3.8) is 0 Å². The van der Waals surface area contributed by atoms with Crippen molar-refractivity contribution in [3.8, 4) is 5.75 Å². The van der Waals surface area contributed by atoms with Crippen molar-refractivity contribution in [2.45, 2.75) is 25.4 Å². The minimum Gasteiger partial charge on any atom is -0.497 e. The highest BCUT2D eigenvalue weighted by atomic mass is 16.5. The van der Waals surface area contributed by atoms with Gasteiger partial charge in [0, 0.05) is 0 Å². The fraction of sp³-hybridized carbons (Fsp3) is 0.462. The molecule has 0 saturated carbocycles. The Morgan fingerprint density at radius 2 is 2.18 bits per heavy atom. The average Bonchev–Trinajstić information content (AvgIpc) is 2.37. The summed E-state index contributed by atoms with van der Waals surface area (Å²) in [5.74, 6) is 0.242. The van der Waals surface area contributed by atoms with E-state index in [1.54, 1.807) is 7.11 Å². The molecule has 1 N–H and O–H groups in total. The van der Waals surface area contributed by atoms with Crippen LogP contribution in [0.5, 0.6) is 5.75 Å². The number of methoxy groups -OCH3 is 2. The van der Waals surface area contributed by atoms with Gasteiger partial charge in [-0.05, 0) is 37.0 Å². The third-order valence-electron chi connectivity index (χ3n) is 2.55. The Morgan fingerprint density at radius 3 is 2.82 bits per heavy atom. The van der Waals surface area contributed by atoms with Gasteiger partial charge in [-0.15, -0.1) is 0 Å². The second-order valence-electron chi connectivity index (χ2n) is 3.78. The molecular weight excluding hydrogens is 220 g/mol. The molecule has 1 atom stereocenters. The topological polar surface area (TPSA) is 55.8 Å². The fourth-order valence-electron chi connectivity index (χ4n) is 1.58. The summed E-state index contributed by atoms with van der Waals surface area (Å²) in [6.45, 7) is 0. The predicted octanol–water partition coefficient (Wildman–Crippen LogP) is 1.55. The maximum Gasteiger partial charge on any atom is 0.334 e. The second kappa shape index (κ2) is 6.91. The zero-order valence-corrected chi connectivity index (χ0v) is 10.2. The van der Waals surface area contributed by atoms with Crippen LogP contribution in [0.25, 0.3) is 0 Å². The lowest BCUT2D eigenvalue weighted by Gasteiger charge is -2.08. The van der Waals surface area contributed by atoms with Gasteiger partial charge in [0.05, 0.1) is 14.2 Å². The van der Waals surface area contributed by atoms with Crippen molar-refractivity contribution in [3.05, 3.63) is 29.8 Å². The SMILES string of the molecule is COC(=O)C(O)CCCc1cccc(OC)c1. The minimum atomic E-state index is -1.02. The number of ether oxygens (including phenoxy) is 2. The van der Waals surface area contributed by atoms with Gasteiger partial charge in [0.15, 0.2) is 6.10 Å². The summed E-state index contributed by atoms with van der Waals surface area (Å²) in [5.41, 5.74) is 1.13. The molecule has 1 unspecified atom stereocenters. The number of aryl methyl sites for hydroxylation is 1. The first-order valence-corrected chi connectivity index (χ1v) is 5.56. The van der Waals surface area contributed by atoms with Crippen molar-refractivity contribution >= 4 is 5.97 Å². The molecule has 1 aromatic carbocycles. The summed E-state index contributed by atoms with van der Waals surface area (Å²) >= 11 is 0. The van der Waals surface area contributed by atoms with Crippen molar-refractivity contribution in [1.82, 2.24) is 0 Å². The number of carbonyl (C=O) groups excluding carboxylic acids is 1. The van der Waals surface area contributed by atoms with E-state index >= 15 is 0 Å². The summed E-state index contributed by atoms with van der Waals surface area (Å²) < 4.78 is 9.56. The van der Waals surface area contributed by atoms with E-state index in [4.69, 9.17) is 4.74 Å². The molecule has 0 saturated heterocycles. The highest BCUT2D eigenvalue weighted by Crippen LogP contribution is 2.15. The average molecular weight is 238 g/mol. The number of hydrogen-bond donors (Lipinski definition) is 1. The van der Waals surface area contributed by atoms with Crippen LogP contribution in [0, 0.1) is 0 Å². The zero-order chi connectivity index (χ0) is 12.7. The number of benzene rings is 1. The van der Waals surface area contributed by atoms with E-state index in [2.05, 4.69) is 4.74 Å². The molecule has 0 spiro atoms. The zero-order valence-electron chi connectivity index (χ0n) is 10.2. The largest absolute Gasteiger partial charge is 0.497 e. The van der Waals surface area contributed by atoms with Crippen LogP contribution in [-0.2, 0) is 16.0 Å². The van der Waals surface area contributed by atoms with Gasteiger partial charge in [0.2, 0.25) is 0 Å². The molecule has 0 aliphatic heterocycles. The molecule has 0 aliphatic carbocycles. The molecule has 4 heteroatoms. The van der Waals surface area contributed by atoms with E-state index in [1.165, 1.54) is 7.11 Å². The third-order valence-corrected chi connectivity index (χ3v) is 2.55. The van der Waals surface area contributed by atoms with E-state index in [-0.39, 0.29) is 0 Å². The van der Waals surface area contributed by atoms with Crippen LogP contribution in [0.3, 0.4) is 0 Å². The van der Waals surface area contributed by atoms with Crippen molar-refractivity contribution < 1.29 is 19.4 Å². The lowest BCUT2D eigenvalue weighted by Crippen LogP contribution is -2.21. The first-order valence-electron chi connectivity index (χ1n) is 5.56. The quantitative estimate of drug-likeness (QED) is 0.764. The molecule has 1 aromatic rings. The molecule has 0 aliphatic rings. The van der Waals surface area contributed by atoms with Crippen molar-refractivity contribution in [2.75, 3.05) is 14.2 Å². The second-order valence-corrected chi connectivity index (χ2v) is 3.78. The van der Waals surface area contributed by atoms with E-state index in [0.29, 0.717) is 6.42 Å². The van der Waals surface area contributed by atoms with E-state index in [1.807, 2.05) is 24.3 Å². The van der Waals surface area contributed by atoms with Gasteiger partial charge in [-0.25, -0.2) is 4.79 Å². The first kappa shape index (κ1) is 13.5. The summed E-state index contributed by atoms with van der Waals surface area (Å²) in [7, 11) is 2.90. The first-order chi connectivity index (χ1) is 8.17. The van der Waals surface area contributed by atoms with Gasteiger partial charge in [0.25, 0.3) is 0 Å². The Hall–Kier alpha value is -1.55. The summed E-state index contributed by atoms with van der Waals surface area (Å²) in [5, 5.41) is 9.40. The lowest BCUT2D eigenvalue weighted by atomic mass is 10.1. The van der Waals surface area contributed by atoms with Crippen molar-refractivity contribution in [1.29, 1.82) is 0 Å². The molecule has 0 aromatic heterocycles. The van der Waals surface area contributed by atoms with E-state index in [9.17, 15) is 9.90 Å². The number of hydrogen-bond acceptors (Lipinski definition) is 4. The van der Waals surface area contributed by atoms with Crippen LogP contribution in [0.2, 0.25) is 0 Å². The van der Waals surface area contributed by atoms with Crippen LogP contribution in [0.15, 0.2) is 24.3 Å². The molecule has 0 bridgehead atoms. The standard InChI is InChI=1S/C13H18O4/c1-16-11-7-3-5-10(9-11)6-4-8-12(14)13(15)17-2/h3,5,7,9,12,14H,4,6,8H2,1-2H3. The molecule has 0 heterocycles. The molecule has 1 rings (SSSR count). The summed E-state index contributed by atoms with van der Waals surface area (Å²) in [6.07, 6.45) is 0.907. The lowest BCUT2D eigenvalue weighted by molar-refractivity contribution is -0.150. The van der Waals surface area contributed by atoms with Crippen molar-refractivity contribution in [2.24, 2.45) is 0 Å².